The van der Waals surface area contributed by atoms with Crippen LogP contribution in [0, 0.1) is 0 Å². The molecule has 0 saturated carbocycles. The van der Waals surface area contributed by atoms with Crippen molar-refractivity contribution in [1.29, 1.82) is 0 Å². The summed E-state index contributed by atoms with van der Waals surface area (Å²) in [7, 11) is -3.58. The van der Waals surface area contributed by atoms with Crippen molar-refractivity contribution < 1.29 is 18.0 Å². The summed E-state index contributed by atoms with van der Waals surface area (Å²) >= 11 is 18.2. The normalized spacial score (nSPS) is 12.3. The quantitative estimate of drug-likeness (QED) is 0.411. The first kappa shape index (κ1) is 29.2. The van der Waals surface area contributed by atoms with E-state index in [0.29, 0.717) is 26.3 Å². The molecule has 11 heteroatoms. The van der Waals surface area contributed by atoms with Crippen molar-refractivity contribution in [1.82, 2.24) is 10.2 Å². The van der Waals surface area contributed by atoms with Crippen molar-refractivity contribution in [3.63, 3.8) is 0 Å². The molecule has 0 spiro atoms. The van der Waals surface area contributed by atoms with Gasteiger partial charge in [-0.1, -0.05) is 40.9 Å². The molecule has 2 aromatic rings. The molecule has 1 unspecified atom stereocenters. The molecule has 1 N–H and O–H groups in total. The average molecular weight is 563 g/mol. The highest BCUT2D eigenvalue weighted by Gasteiger charge is 2.27. The third-order valence-corrected chi connectivity index (χ3v) is 7.25. The predicted octanol–water partition coefficient (Wildman–Crippen LogP) is 5.13. The molecular formula is C24H30Cl3N3O4S. The summed E-state index contributed by atoms with van der Waals surface area (Å²) < 4.78 is 25.9. The Labute approximate surface area is 222 Å². The molecule has 0 aliphatic heterocycles. The number of nitrogens with one attached hydrogen (secondary N) is 1. The maximum absolute atomic E-state index is 13.3. The fourth-order valence-electron chi connectivity index (χ4n) is 3.43. The van der Waals surface area contributed by atoms with E-state index in [1.807, 2.05) is 13.8 Å². The monoisotopic (exact) mass is 561 g/mol. The molecule has 2 rings (SSSR count). The lowest BCUT2D eigenvalue weighted by Gasteiger charge is -2.30. The van der Waals surface area contributed by atoms with Gasteiger partial charge in [0.15, 0.2) is 0 Å². The van der Waals surface area contributed by atoms with Crippen molar-refractivity contribution in [2.24, 2.45) is 0 Å². The summed E-state index contributed by atoms with van der Waals surface area (Å²) in [5.41, 5.74) is 1.10. The van der Waals surface area contributed by atoms with Crippen LogP contribution >= 0.6 is 34.8 Å². The lowest BCUT2D eigenvalue weighted by molar-refractivity contribution is -0.140. The number of anilines is 1. The summed E-state index contributed by atoms with van der Waals surface area (Å²) in [5, 5.41) is 4.16. The molecule has 0 fully saturated rings. The molecule has 0 aliphatic carbocycles. The van der Waals surface area contributed by atoms with E-state index >= 15 is 0 Å². The van der Waals surface area contributed by atoms with Crippen molar-refractivity contribution >= 4 is 62.3 Å². The SMILES string of the molecule is CC(C)NC(=O)C(C)N(Cc1ccc(Cl)cc1Cl)C(=O)CCCN(c1ccc(Cl)cc1)S(C)(=O)=O. The van der Waals surface area contributed by atoms with Crippen LogP contribution in [0.5, 0.6) is 0 Å². The maximum atomic E-state index is 13.3. The van der Waals surface area contributed by atoms with Crippen LogP contribution in [0.4, 0.5) is 5.69 Å². The van der Waals surface area contributed by atoms with E-state index in [1.165, 1.54) is 9.21 Å². The third kappa shape index (κ3) is 8.86. The number of rotatable bonds is 11. The number of benzene rings is 2. The zero-order chi connectivity index (χ0) is 26.3. The highest BCUT2D eigenvalue weighted by Crippen LogP contribution is 2.24. The van der Waals surface area contributed by atoms with E-state index in [2.05, 4.69) is 5.32 Å². The van der Waals surface area contributed by atoms with Gasteiger partial charge in [0.1, 0.15) is 6.04 Å². The summed E-state index contributed by atoms with van der Waals surface area (Å²) in [5.74, 6) is -0.593. The molecule has 35 heavy (non-hydrogen) atoms. The number of halogens is 3. The van der Waals surface area contributed by atoms with E-state index in [4.69, 9.17) is 34.8 Å². The van der Waals surface area contributed by atoms with Crippen LogP contribution < -0.4 is 9.62 Å². The minimum absolute atomic E-state index is 0.0319. The minimum atomic E-state index is -3.58. The molecule has 1 atom stereocenters. The smallest absolute Gasteiger partial charge is 0.242 e. The Balaban J connectivity index is 2.19. The lowest BCUT2D eigenvalue weighted by Crippen LogP contribution is -2.49. The zero-order valence-electron chi connectivity index (χ0n) is 20.1. The van der Waals surface area contributed by atoms with Gasteiger partial charge in [-0.3, -0.25) is 13.9 Å². The van der Waals surface area contributed by atoms with Crippen LogP contribution in [0.15, 0.2) is 42.5 Å². The molecule has 0 heterocycles. The number of amides is 2. The van der Waals surface area contributed by atoms with Gasteiger partial charge in [-0.25, -0.2) is 8.42 Å². The Morgan fingerprint density at radius 1 is 0.971 bits per heavy atom. The first-order chi connectivity index (χ1) is 16.3. The minimum Gasteiger partial charge on any atom is -0.352 e. The van der Waals surface area contributed by atoms with Gasteiger partial charge in [-0.15, -0.1) is 0 Å². The molecule has 0 aliphatic rings. The molecule has 2 aromatic carbocycles. The van der Waals surface area contributed by atoms with Crippen LogP contribution in [0.25, 0.3) is 0 Å². The topological polar surface area (TPSA) is 86.8 Å². The molecular weight excluding hydrogens is 533 g/mol. The average Bonchev–Trinajstić information content (AvgIpc) is 2.75. The third-order valence-electron chi connectivity index (χ3n) is 5.22. The number of nitrogens with zero attached hydrogens (tertiary/aromatic N) is 2. The second-order valence-electron chi connectivity index (χ2n) is 8.51. The van der Waals surface area contributed by atoms with Crippen LogP contribution in [0.1, 0.15) is 39.2 Å². The molecule has 192 valence electrons. The van der Waals surface area contributed by atoms with E-state index in [0.717, 1.165) is 6.26 Å². The first-order valence-corrected chi connectivity index (χ1v) is 14.0. The van der Waals surface area contributed by atoms with Gasteiger partial charge in [-0.05, 0) is 69.2 Å². The Bertz CT molecular complexity index is 1140. The van der Waals surface area contributed by atoms with Crippen molar-refractivity contribution in [2.45, 2.75) is 52.2 Å². The Kier molecular flexibility index (Phi) is 10.7. The van der Waals surface area contributed by atoms with E-state index in [-0.39, 0.29) is 43.8 Å². The fraction of sp³-hybridized carbons (Fsp3) is 0.417. The molecule has 2 amide bonds. The molecule has 0 aromatic heterocycles. The molecule has 0 bridgehead atoms. The molecule has 0 radical (unpaired) electrons. The number of sulfonamides is 1. The fourth-order valence-corrected chi connectivity index (χ4v) is 4.99. The van der Waals surface area contributed by atoms with Crippen molar-refractivity contribution in [2.75, 3.05) is 17.1 Å². The summed E-state index contributed by atoms with van der Waals surface area (Å²) in [6.45, 7) is 5.52. The Hall–Kier alpha value is -2.00. The summed E-state index contributed by atoms with van der Waals surface area (Å²) in [6.07, 6.45) is 1.39. The number of hydrogen-bond donors (Lipinski definition) is 1. The van der Waals surface area contributed by atoms with Crippen molar-refractivity contribution in [3.8, 4) is 0 Å². The van der Waals surface area contributed by atoms with Gasteiger partial charge < -0.3 is 10.2 Å². The first-order valence-electron chi connectivity index (χ1n) is 11.1. The van der Waals surface area contributed by atoms with E-state index < -0.39 is 16.1 Å². The number of carbonyl (C=O) groups is 2. The van der Waals surface area contributed by atoms with Gasteiger partial charge in [-0.2, -0.15) is 0 Å². The second kappa shape index (κ2) is 12.8. The highest BCUT2D eigenvalue weighted by molar-refractivity contribution is 7.92. The Morgan fingerprint density at radius 3 is 2.11 bits per heavy atom. The highest BCUT2D eigenvalue weighted by atomic mass is 35.5. The second-order valence-corrected chi connectivity index (χ2v) is 11.7. The number of carbonyl (C=O) groups excluding carboxylic acids is 2. The predicted molar refractivity (Wildman–Crippen MR) is 143 cm³/mol. The van der Waals surface area contributed by atoms with Gasteiger partial charge in [0, 0.05) is 40.6 Å². The largest absolute Gasteiger partial charge is 0.352 e. The lowest BCUT2D eigenvalue weighted by atomic mass is 10.1. The molecule has 0 saturated heterocycles. The van der Waals surface area contributed by atoms with Gasteiger partial charge >= 0.3 is 0 Å². The van der Waals surface area contributed by atoms with Gasteiger partial charge in [0.25, 0.3) is 0 Å². The van der Waals surface area contributed by atoms with Crippen LogP contribution in [0.2, 0.25) is 15.1 Å². The summed E-state index contributed by atoms with van der Waals surface area (Å²) in [4.78, 5) is 27.4. The number of hydrogen-bond acceptors (Lipinski definition) is 4. The van der Waals surface area contributed by atoms with E-state index in [9.17, 15) is 18.0 Å². The maximum Gasteiger partial charge on any atom is 0.242 e. The van der Waals surface area contributed by atoms with Crippen molar-refractivity contribution in [3.05, 3.63) is 63.1 Å². The van der Waals surface area contributed by atoms with Gasteiger partial charge in [0.2, 0.25) is 21.8 Å². The van der Waals surface area contributed by atoms with E-state index in [1.54, 1.807) is 49.4 Å². The van der Waals surface area contributed by atoms with Crippen LogP contribution in [-0.2, 0) is 26.2 Å². The van der Waals surface area contributed by atoms with Gasteiger partial charge in [0.05, 0.1) is 11.9 Å². The van der Waals surface area contributed by atoms with Crippen LogP contribution in [-0.4, -0.2) is 50.0 Å². The van der Waals surface area contributed by atoms with Crippen LogP contribution in [0.3, 0.4) is 0 Å². The zero-order valence-corrected chi connectivity index (χ0v) is 23.2. The Morgan fingerprint density at radius 2 is 1.57 bits per heavy atom. The standard InChI is InChI=1S/C24H30Cl3N3O4S/c1-16(2)28-24(32)17(3)29(15-18-7-8-20(26)14-22(18)27)23(31)6-5-13-30(35(4,33)34)21-11-9-19(25)10-12-21/h7-12,14,16-17H,5-6,13,15H2,1-4H3,(H,28,32). The molecule has 7 nitrogen and oxygen atoms in total. The summed E-state index contributed by atoms with van der Waals surface area (Å²) in [6, 6.07) is 10.5.